The standard InChI is InChI=1S/C16H21NO8/c1-16(2,3)25-15(19)24-11-7-6-10(13(9-11)22-4)8-12(17(20)21)14(18)23-5/h6-7,9,12H,8H2,1-5H3. The highest BCUT2D eigenvalue weighted by Gasteiger charge is 2.32. The maximum atomic E-state index is 11.7. The zero-order valence-corrected chi connectivity index (χ0v) is 14.7. The van der Waals surface area contributed by atoms with E-state index in [0.717, 1.165) is 7.11 Å². The van der Waals surface area contributed by atoms with Gasteiger partial charge in [0.2, 0.25) is 0 Å². The van der Waals surface area contributed by atoms with Crippen molar-refractivity contribution in [2.45, 2.75) is 38.8 Å². The average Bonchev–Trinajstić information content (AvgIpc) is 2.50. The van der Waals surface area contributed by atoms with Crippen LogP contribution in [0.2, 0.25) is 0 Å². The molecule has 0 fully saturated rings. The lowest BCUT2D eigenvalue weighted by atomic mass is 10.0. The van der Waals surface area contributed by atoms with E-state index in [1.54, 1.807) is 20.8 Å². The Morgan fingerprint density at radius 2 is 1.88 bits per heavy atom. The molecule has 1 aromatic carbocycles. The Kier molecular flexibility index (Phi) is 6.72. The van der Waals surface area contributed by atoms with E-state index in [1.807, 2.05) is 0 Å². The molecule has 1 aromatic rings. The van der Waals surface area contributed by atoms with Crippen molar-refractivity contribution in [3.8, 4) is 11.5 Å². The second kappa shape index (κ2) is 8.32. The predicted octanol–water partition coefficient (Wildman–Crippen LogP) is 2.37. The monoisotopic (exact) mass is 355 g/mol. The number of rotatable bonds is 6. The third kappa shape index (κ3) is 6.28. The molecule has 1 rings (SSSR count). The third-order valence-corrected chi connectivity index (χ3v) is 2.99. The summed E-state index contributed by atoms with van der Waals surface area (Å²) in [7, 11) is 2.43. The summed E-state index contributed by atoms with van der Waals surface area (Å²) in [5, 5.41) is 11.0. The minimum atomic E-state index is -1.56. The number of esters is 1. The lowest BCUT2D eigenvalue weighted by Crippen LogP contribution is -2.32. The van der Waals surface area contributed by atoms with Crippen LogP contribution in [-0.2, 0) is 20.7 Å². The molecule has 9 heteroatoms. The van der Waals surface area contributed by atoms with E-state index in [9.17, 15) is 19.7 Å². The number of nitrogens with zero attached hydrogens (tertiary/aromatic N) is 1. The predicted molar refractivity (Wildman–Crippen MR) is 86.4 cm³/mol. The minimum Gasteiger partial charge on any atom is -0.496 e. The summed E-state index contributed by atoms with van der Waals surface area (Å²) in [6.45, 7) is 5.09. The first-order chi connectivity index (χ1) is 11.6. The molecule has 0 aliphatic heterocycles. The summed E-state index contributed by atoms with van der Waals surface area (Å²) in [4.78, 5) is 33.5. The van der Waals surface area contributed by atoms with Crippen molar-refractivity contribution in [2.24, 2.45) is 0 Å². The topological polar surface area (TPSA) is 114 Å². The van der Waals surface area contributed by atoms with Crippen molar-refractivity contribution in [3.63, 3.8) is 0 Å². The van der Waals surface area contributed by atoms with E-state index < -0.39 is 28.7 Å². The Labute approximate surface area is 145 Å². The Hall–Kier alpha value is -2.84. The van der Waals surface area contributed by atoms with Gasteiger partial charge in [0.05, 0.1) is 20.6 Å². The van der Waals surface area contributed by atoms with Crippen LogP contribution in [0.25, 0.3) is 0 Å². The molecule has 1 unspecified atom stereocenters. The number of hydrogen-bond donors (Lipinski definition) is 0. The van der Waals surface area contributed by atoms with E-state index in [4.69, 9.17) is 14.2 Å². The van der Waals surface area contributed by atoms with Crippen molar-refractivity contribution in [3.05, 3.63) is 33.9 Å². The number of carbonyl (C=O) groups is 2. The molecule has 0 aliphatic rings. The first kappa shape index (κ1) is 20.2. The maximum Gasteiger partial charge on any atom is 0.514 e. The largest absolute Gasteiger partial charge is 0.514 e. The highest BCUT2D eigenvalue weighted by atomic mass is 16.7. The van der Waals surface area contributed by atoms with Gasteiger partial charge in [-0.05, 0) is 26.8 Å². The van der Waals surface area contributed by atoms with Gasteiger partial charge in [-0.25, -0.2) is 9.59 Å². The summed E-state index contributed by atoms with van der Waals surface area (Å²) in [6.07, 6.45) is -1.12. The molecule has 138 valence electrons. The molecule has 0 N–H and O–H groups in total. The molecule has 0 saturated carbocycles. The van der Waals surface area contributed by atoms with Crippen LogP contribution < -0.4 is 9.47 Å². The second-order valence-electron chi connectivity index (χ2n) is 6.07. The molecule has 0 radical (unpaired) electrons. The normalized spacial score (nSPS) is 12.0. The fourth-order valence-corrected chi connectivity index (χ4v) is 1.91. The molecule has 1 atom stereocenters. The van der Waals surface area contributed by atoms with Crippen LogP contribution in [0.1, 0.15) is 26.3 Å². The first-order valence-corrected chi connectivity index (χ1v) is 7.36. The molecule has 0 aromatic heterocycles. The van der Waals surface area contributed by atoms with Crippen LogP contribution >= 0.6 is 0 Å². The summed E-state index contributed by atoms with van der Waals surface area (Å²) in [5.74, 6) is -0.580. The number of methoxy groups -OCH3 is 2. The number of ether oxygens (including phenoxy) is 4. The second-order valence-corrected chi connectivity index (χ2v) is 6.07. The van der Waals surface area contributed by atoms with Crippen LogP contribution in [0.4, 0.5) is 4.79 Å². The molecule has 0 aliphatic carbocycles. The summed E-state index contributed by atoms with van der Waals surface area (Å²) in [5.41, 5.74) is -0.313. The zero-order valence-electron chi connectivity index (χ0n) is 14.7. The van der Waals surface area contributed by atoms with Crippen LogP contribution in [0.5, 0.6) is 11.5 Å². The maximum absolute atomic E-state index is 11.7. The highest BCUT2D eigenvalue weighted by Crippen LogP contribution is 2.27. The highest BCUT2D eigenvalue weighted by molar-refractivity contribution is 5.74. The van der Waals surface area contributed by atoms with Gasteiger partial charge in [-0.15, -0.1) is 0 Å². The first-order valence-electron chi connectivity index (χ1n) is 7.36. The van der Waals surface area contributed by atoms with Gasteiger partial charge >= 0.3 is 18.2 Å². The van der Waals surface area contributed by atoms with Crippen molar-refractivity contribution in [2.75, 3.05) is 14.2 Å². The molecule has 9 nitrogen and oxygen atoms in total. The van der Waals surface area contributed by atoms with Gasteiger partial charge in [-0.2, -0.15) is 0 Å². The van der Waals surface area contributed by atoms with Gasteiger partial charge in [0.15, 0.2) is 0 Å². The lowest BCUT2D eigenvalue weighted by Gasteiger charge is -2.19. The SMILES string of the molecule is COC(=O)C(Cc1ccc(OC(=O)OC(C)(C)C)cc1OC)[N+](=O)[O-]. The van der Waals surface area contributed by atoms with Crippen LogP contribution in [-0.4, -0.2) is 42.9 Å². The van der Waals surface area contributed by atoms with Crippen LogP contribution in [0.15, 0.2) is 18.2 Å². The summed E-state index contributed by atoms with van der Waals surface area (Å²) < 4.78 is 19.7. The molecule has 25 heavy (non-hydrogen) atoms. The average molecular weight is 355 g/mol. The Bertz CT molecular complexity index is 650. The molecule has 0 heterocycles. The van der Waals surface area contributed by atoms with E-state index in [1.165, 1.54) is 25.3 Å². The van der Waals surface area contributed by atoms with Gasteiger partial charge in [-0.1, -0.05) is 6.07 Å². The smallest absolute Gasteiger partial charge is 0.496 e. The molecule has 0 spiro atoms. The fourth-order valence-electron chi connectivity index (χ4n) is 1.91. The quantitative estimate of drug-likeness (QED) is 0.331. The van der Waals surface area contributed by atoms with Crippen molar-refractivity contribution < 1.29 is 33.5 Å². The molecule has 0 bridgehead atoms. The van der Waals surface area contributed by atoms with Gasteiger partial charge in [-0.3, -0.25) is 10.1 Å². The molecular formula is C16H21NO8. The Morgan fingerprint density at radius 3 is 2.36 bits per heavy atom. The van der Waals surface area contributed by atoms with Crippen molar-refractivity contribution in [1.29, 1.82) is 0 Å². The molecule has 0 saturated heterocycles. The Morgan fingerprint density at radius 1 is 1.24 bits per heavy atom. The number of benzene rings is 1. The molecule has 0 amide bonds. The van der Waals surface area contributed by atoms with E-state index >= 15 is 0 Å². The Balaban J connectivity index is 2.96. The number of carbonyl (C=O) groups excluding carboxylic acids is 2. The van der Waals surface area contributed by atoms with Gasteiger partial charge in [0, 0.05) is 16.6 Å². The summed E-state index contributed by atoms with van der Waals surface area (Å²) in [6, 6.07) is 2.72. The minimum absolute atomic E-state index is 0.144. The van der Waals surface area contributed by atoms with E-state index in [2.05, 4.69) is 4.74 Å². The van der Waals surface area contributed by atoms with E-state index in [0.29, 0.717) is 5.56 Å². The number of nitro groups is 1. The third-order valence-electron chi connectivity index (χ3n) is 2.99. The van der Waals surface area contributed by atoms with Crippen molar-refractivity contribution >= 4 is 12.1 Å². The molecular weight excluding hydrogens is 334 g/mol. The van der Waals surface area contributed by atoms with Gasteiger partial charge in [0.1, 0.15) is 17.1 Å². The fraction of sp³-hybridized carbons (Fsp3) is 0.500. The van der Waals surface area contributed by atoms with Crippen LogP contribution in [0, 0.1) is 10.1 Å². The van der Waals surface area contributed by atoms with Crippen LogP contribution in [0.3, 0.4) is 0 Å². The zero-order chi connectivity index (χ0) is 19.2. The van der Waals surface area contributed by atoms with Gasteiger partial charge in [0.25, 0.3) is 0 Å². The van der Waals surface area contributed by atoms with Gasteiger partial charge < -0.3 is 18.9 Å². The van der Waals surface area contributed by atoms with E-state index in [-0.39, 0.29) is 17.9 Å². The lowest BCUT2D eigenvalue weighted by molar-refractivity contribution is -0.509. The summed E-state index contributed by atoms with van der Waals surface area (Å²) >= 11 is 0. The van der Waals surface area contributed by atoms with Crippen molar-refractivity contribution in [1.82, 2.24) is 0 Å². The number of hydrogen-bond acceptors (Lipinski definition) is 8.